The van der Waals surface area contributed by atoms with Gasteiger partial charge in [0.05, 0.1) is 13.2 Å². The molecule has 1 aromatic carbocycles. The van der Waals surface area contributed by atoms with Crippen molar-refractivity contribution in [1.82, 2.24) is 9.97 Å². The standard InChI is InChI=1S/C17H18IN5O2/c18-13-1-3-14(4-2-13)20-17(24)23-6-5-12-11-19-16(21-15(12)23)22-7-9-25-10-8-22/h1-4,11H,5-10H2,(H,20,24). The number of carbonyl (C=O) groups is 1. The zero-order valence-corrected chi connectivity index (χ0v) is 15.8. The molecule has 0 spiro atoms. The predicted molar refractivity (Wildman–Crippen MR) is 104 cm³/mol. The molecule has 4 rings (SSSR count). The molecule has 0 radical (unpaired) electrons. The molecule has 2 aliphatic rings. The van der Waals surface area contributed by atoms with Gasteiger partial charge in [-0.25, -0.2) is 9.78 Å². The smallest absolute Gasteiger partial charge is 0.327 e. The Hall–Kier alpha value is -1.94. The molecule has 0 atom stereocenters. The lowest BCUT2D eigenvalue weighted by molar-refractivity contribution is 0.122. The minimum absolute atomic E-state index is 0.161. The maximum absolute atomic E-state index is 12.7. The number of carbonyl (C=O) groups excluding carboxylic acids is 1. The summed E-state index contributed by atoms with van der Waals surface area (Å²) >= 11 is 2.24. The van der Waals surface area contributed by atoms with Crippen LogP contribution in [0.4, 0.5) is 22.2 Å². The topological polar surface area (TPSA) is 70.6 Å². The number of hydrogen-bond donors (Lipinski definition) is 1. The summed E-state index contributed by atoms with van der Waals surface area (Å²) in [6.07, 6.45) is 2.62. The fraction of sp³-hybridized carbons (Fsp3) is 0.353. The lowest BCUT2D eigenvalue weighted by Crippen LogP contribution is -2.38. The molecule has 0 aliphatic carbocycles. The summed E-state index contributed by atoms with van der Waals surface area (Å²) < 4.78 is 6.51. The molecule has 0 unspecified atom stereocenters. The fourth-order valence-electron chi connectivity index (χ4n) is 2.97. The number of nitrogens with one attached hydrogen (secondary N) is 1. The molecule has 7 nitrogen and oxygen atoms in total. The molecule has 2 aromatic rings. The van der Waals surface area contributed by atoms with Gasteiger partial charge < -0.3 is 15.0 Å². The van der Waals surface area contributed by atoms with Crippen LogP contribution in [-0.4, -0.2) is 48.8 Å². The highest BCUT2D eigenvalue weighted by Crippen LogP contribution is 2.28. The highest BCUT2D eigenvalue weighted by Gasteiger charge is 2.28. The first-order valence-corrected chi connectivity index (χ1v) is 9.31. The molecule has 25 heavy (non-hydrogen) atoms. The van der Waals surface area contributed by atoms with Crippen molar-refractivity contribution in [2.45, 2.75) is 6.42 Å². The number of benzene rings is 1. The Labute approximate surface area is 159 Å². The van der Waals surface area contributed by atoms with E-state index < -0.39 is 0 Å². The number of rotatable bonds is 2. The Bertz CT molecular complexity index is 777. The first kappa shape index (κ1) is 16.5. The number of nitrogens with zero attached hydrogens (tertiary/aromatic N) is 4. The molecule has 2 aliphatic heterocycles. The average Bonchev–Trinajstić information content (AvgIpc) is 3.07. The second kappa shape index (κ2) is 7.12. The normalized spacial score (nSPS) is 16.7. The number of ether oxygens (including phenoxy) is 1. The zero-order chi connectivity index (χ0) is 17.2. The SMILES string of the molecule is O=C(Nc1ccc(I)cc1)N1CCc2cnc(N3CCOCC3)nc21. The molecule has 8 heteroatoms. The summed E-state index contributed by atoms with van der Waals surface area (Å²) in [5.41, 5.74) is 1.79. The van der Waals surface area contributed by atoms with Crippen molar-refractivity contribution in [3.05, 3.63) is 39.6 Å². The number of morpholine rings is 1. The van der Waals surface area contributed by atoms with Crippen molar-refractivity contribution in [3.8, 4) is 0 Å². The monoisotopic (exact) mass is 451 g/mol. The summed E-state index contributed by atoms with van der Waals surface area (Å²) in [5.74, 6) is 1.37. The Morgan fingerprint density at radius 1 is 1.16 bits per heavy atom. The van der Waals surface area contributed by atoms with Gasteiger partial charge in [-0.3, -0.25) is 4.90 Å². The molecule has 0 bridgehead atoms. The largest absolute Gasteiger partial charge is 0.378 e. The van der Waals surface area contributed by atoms with Crippen LogP contribution in [0.15, 0.2) is 30.5 Å². The van der Waals surface area contributed by atoms with Crippen molar-refractivity contribution >= 4 is 46.1 Å². The number of anilines is 3. The van der Waals surface area contributed by atoms with E-state index in [1.54, 1.807) is 4.90 Å². The molecule has 1 aromatic heterocycles. The summed E-state index contributed by atoms with van der Waals surface area (Å²) in [6.45, 7) is 3.52. The van der Waals surface area contributed by atoms with Crippen LogP contribution in [0.1, 0.15) is 5.56 Å². The quantitative estimate of drug-likeness (QED) is 0.711. The van der Waals surface area contributed by atoms with E-state index in [0.29, 0.717) is 31.5 Å². The zero-order valence-electron chi connectivity index (χ0n) is 13.6. The van der Waals surface area contributed by atoms with Crippen molar-refractivity contribution in [1.29, 1.82) is 0 Å². The van der Waals surface area contributed by atoms with Gasteiger partial charge in [0.25, 0.3) is 0 Å². The van der Waals surface area contributed by atoms with Gasteiger partial charge in [0, 0.05) is 40.7 Å². The van der Waals surface area contributed by atoms with Gasteiger partial charge in [0.2, 0.25) is 5.95 Å². The van der Waals surface area contributed by atoms with Gasteiger partial charge in [-0.15, -0.1) is 0 Å². The molecule has 1 saturated heterocycles. The minimum atomic E-state index is -0.161. The number of halogens is 1. The lowest BCUT2D eigenvalue weighted by Gasteiger charge is -2.27. The van der Waals surface area contributed by atoms with Crippen LogP contribution >= 0.6 is 22.6 Å². The third kappa shape index (κ3) is 3.54. The van der Waals surface area contributed by atoms with Crippen molar-refractivity contribution in [2.75, 3.05) is 48.0 Å². The van der Waals surface area contributed by atoms with Gasteiger partial charge >= 0.3 is 6.03 Å². The number of amides is 2. The van der Waals surface area contributed by atoms with Gasteiger partial charge in [-0.1, -0.05) is 0 Å². The maximum Gasteiger partial charge on any atom is 0.327 e. The summed E-state index contributed by atoms with van der Waals surface area (Å²) in [4.78, 5) is 25.6. The van der Waals surface area contributed by atoms with Crippen molar-refractivity contribution < 1.29 is 9.53 Å². The Balaban J connectivity index is 1.53. The lowest BCUT2D eigenvalue weighted by atomic mass is 10.3. The van der Waals surface area contributed by atoms with Gasteiger partial charge in [0.15, 0.2) is 0 Å². The Morgan fingerprint density at radius 2 is 1.92 bits per heavy atom. The Kier molecular flexibility index (Phi) is 4.71. The van der Waals surface area contributed by atoms with E-state index in [4.69, 9.17) is 4.74 Å². The minimum Gasteiger partial charge on any atom is -0.378 e. The maximum atomic E-state index is 12.7. The number of fused-ring (bicyclic) bond motifs is 1. The van der Waals surface area contributed by atoms with Crippen molar-refractivity contribution in [2.24, 2.45) is 0 Å². The molecular weight excluding hydrogens is 433 g/mol. The number of urea groups is 1. The van der Waals surface area contributed by atoms with Gasteiger partial charge in [-0.05, 0) is 53.3 Å². The first-order chi connectivity index (χ1) is 12.2. The number of aromatic nitrogens is 2. The van der Waals surface area contributed by atoms with Crippen LogP contribution in [0.5, 0.6) is 0 Å². The van der Waals surface area contributed by atoms with E-state index >= 15 is 0 Å². The van der Waals surface area contributed by atoms with Crippen molar-refractivity contribution in [3.63, 3.8) is 0 Å². The molecular formula is C17H18IN5O2. The first-order valence-electron chi connectivity index (χ1n) is 8.23. The van der Waals surface area contributed by atoms with Crippen LogP contribution in [-0.2, 0) is 11.2 Å². The second-order valence-electron chi connectivity index (χ2n) is 5.96. The van der Waals surface area contributed by atoms with Gasteiger partial charge in [0.1, 0.15) is 5.82 Å². The van der Waals surface area contributed by atoms with Crippen LogP contribution in [0, 0.1) is 3.57 Å². The molecule has 1 fully saturated rings. The van der Waals surface area contributed by atoms with Gasteiger partial charge in [-0.2, -0.15) is 4.98 Å². The fourth-order valence-corrected chi connectivity index (χ4v) is 3.33. The van der Waals surface area contributed by atoms with E-state index in [0.717, 1.165) is 34.3 Å². The third-order valence-electron chi connectivity index (χ3n) is 4.32. The van der Waals surface area contributed by atoms with E-state index in [-0.39, 0.29) is 6.03 Å². The molecule has 1 N–H and O–H groups in total. The summed E-state index contributed by atoms with van der Waals surface area (Å²) in [5, 5.41) is 2.94. The van der Waals surface area contributed by atoms with Crippen LogP contribution < -0.4 is 15.1 Å². The molecule has 130 valence electrons. The highest BCUT2D eigenvalue weighted by atomic mass is 127. The van der Waals surface area contributed by atoms with Crippen LogP contribution in [0.2, 0.25) is 0 Å². The van der Waals surface area contributed by atoms with E-state index in [1.165, 1.54) is 0 Å². The van der Waals surface area contributed by atoms with E-state index in [9.17, 15) is 4.79 Å². The second-order valence-corrected chi connectivity index (χ2v) is 7.20. The van der Waals surface area contributed by atoms with Crippen LogP contribution in [0.25, 0.3) is 0 Å². The predicted octanol–water partition coefficient (Wildman–Crippen LogP) is 2.51. The molecule has 2 amide bonds. The molecule has 0 saturated carbocycles. The highest BCUT2D eigenvalue weighted by molar-refractivity contribution is 14.1. The van der Waals surface area contributed by atoms with E-state index in [1.807, 2.05) is 30.5 Å². The number of hydrogen-bond acceptors (Lipinski definition) is 5. The third-order valence-corrected chi connectivity index (χ3v) is 5.04. The van der Waals surface area contributed by atoms with E-state index in [2.05, 4.69) is 42.8 Å². The molecule has 3 heterocycles. The summed E-state index contributed by atoms with van der Waals surface area (Å²) in [7, 11) is 0. The van der Waals surface area contributed by atoms with Crippen LogP contribution in [0.3, 0.4) is 0 Å². The summed E-state index contributed by atoms with van der Waals surface area (Å²) in [6, 6.07) is 7.57. The Morgan fingerprint density at radius 3 is 2.68 bits per heavy atom. The average molecular weight is 451 g/mol.